The molecule has 0 saturated carbocycles. The summed E-state index contributed by atoms with van der Waals surface area (Å²) < 4.78 is 5.09. The SMILES string of the molecule is COc1cccc(C(=O)NCCNC(=O)C2CCNCC2)c1.Cl. The largest absolute Gasteiger partial charge is 0.497 e. The average molecular weight is 342 g/mol. The topological polar surface area (TPSA) is 79.5 Å². The summed E-state index contributed by atoms with van der Waals surface area (Å²) in [4.78, 5) is 23.9. The van der Waals surface area contributed by atoms with Gasteiger partial charge in [0, 0.05) is 24.6 Å². The third-order valence-electron chi connectivity index (χ3n) is 3.75. The lowest BCUT2D eigenvalue weighted by atomic mass is 9.97. The molecule has 1 aromatic rings. The lowest BCUT2D eigenvalue weighted by Crippen LogP contribution is -2.41. The van der Waals surface area contributed by atoms with Gasteiger partial charge in [-0.2, -0.15) is 0 Å². The molecule has 3 N–H and O–H groups in total. The van der Waals surface area contributed by atoms with Crippen molar-refractivity contribution < 1.29 is 14.3 Å². The van der Waals surface area contributed by atoms with E-state index in [1.54, 1.807) is 31.4 Å². The monoisotopic (exact) mass is 341 g/mol. The van der Waals surface area contributed by atoms with E-state index in [0.29, 0.717) is 24.4 Å². The number of carbonyl (C=O) groups is 2. The molecule has 1 saturated heterocycles. The standard InChI is InChI=1S/C16H23N3O3.ClH/c1-22-14-4-2-3-13(11-14)16(21)19-10-9-18-15(20)12-5-7-17-8-6-12;/h2-4,11-12,17H,5-10H2,1H3,(H,18,20)(H,19,21);1H. The van der Waals surface area contributed by atoms with Gasteiger partial charge in [0.1, 0.15) is 5.75 Å². The Kier molecular flexibility index (Phi) is 8.43. The molecular formula is C16H24ClN3O3. The number of nitrogens with one attached hydrogen (secondary N) is 3. The highest BCUT2D eigenvalue weighted by atomic mass is 35.5. The average Bonchev–Trinajstić information content (AvgIpc) is 2.59. The Morgan fingerprint density at radius 1 is 1.22 bits per heavy atom. The van der Waals surface area contributed by atoms with Crippen molar-refractivity contribution in [1.82, 2.24) is 16.0 Å². The molecule has 0 bridgehead atoms. The van der Waals surface area contributed by atoms with E-state index in [0.717, 1.165) is 25.9 Å². The van der Waals surface area contributed by atoms with Gasteiger partial charge in [0.15, 0.2) is 0 Å². The van der Waals surface area contributed by atoms with Gasteiger partial charge in [-0.25, -0.2) is 0 Å². The van der Waals surface area contributed by atoms with Crippen LogP contribution in [0.25, 0.3) is 0 Å². The molecule has 1 fully saturated rings. The fraction of sp³-hybridized carbons (Fsp3) is 0.500. The number of benzene rings is 1. The first-order chi connectivity index (χ1) is 10.7. The van der Waals surface area contributed by atoms with E-state index in [-0.39, 0.29) is 30.1 Å². The smallest absolute Gasteiger partial charge is 0.251 e. The Morgan fingerprint density at radius 3 is 2.61 bits per heavy atom. The molecule has 128 valence electrons. The molecule has 0 atom stereocenters. The third-order valence-corrected chi connectivity index (χ3v) is 3.75. The van der Waals surface area contributed by atoms with E-state index >= 15 is 0 Å². The summed E-state index contributed by atoms with van der Waals surface area (Å²) in [6.45, 7) is 2.64. The summed E-state index contributed by atoms with van der Waals surface area (Å²) in [6.07, 6.45) is 1.75. The summed E-state index contributed by atoms with van der Waals surface area (Å²) in [5.41, 5.74) is 0.545. The molecule has 1 aliphatic heterocycles. The van der Waals surface area contributed by atoms with Crippen molar-refractivity contribution in [2.75, 3.05) is 33.3 Å². The van der Waals surface area contributed by atoms with Gasteiger partial charge in [-0.3, -0.25) is 9.59 Å². The van der Waals surface area contributed by atoms with Crippen molar-refractivity contribution in [2.45, 2.75) is 12.8 Å². The van der Waals surface area contributed by atoms with Crippen molar-refractivity contribution in [2.24, 2.45) is 5.92 Å². The first kappa shape index (κ1) is 19.3. The van der Waals surface area contributed by atoms with Crippen LogP contribution in [0.4, 0.5) is 0 Å². The maximum atomic E-state index is 12.0. The summed E-state index contributed by atoms with van der Waals surface area (Å²) in [6, 6.07) is 6.97. The second-order valence-electron chi connectivity index (χ2n) is 5.30. The predicted octanol–water partition coefficient (Wildman–Crippen LogP) is 0.963. The van der Waals surface area contributed by atoms with Crippen LogP contribution in [0.3, 0.4) is 0 Å². The number of rotatable bonds is 6. The number of amides is 2. The molecule has 23 heavy (non-hydrogen) atoms. The summed E-state index contributed by atoms with van der Waals surface area (Å²) in [7, 11) is 1.56. The molecule has 2 rings (SSSR count). The van der Waals surface area contributed by atoms with Crippen molar-refractivity contribution in [3.8, 4) is 5.75 Å². The van der Waals surface area contributed by atoms with Gasteiger partial charge < -0.3 is 20.7 Å². The molecule has 1 heterocycles. The fourth-order valence-electron chi connectivity index (χ4n) is 2.46. The highest BCUT2D eigenvalue weighted by molar-refractivity contribution is 5.94. The number of hydrogen-bond acceptors (Lipinski definition) is 4. The third kappa shape index (κ3) is 6.08. The fourth-order valence-corrected chi connectivity index (χ4v) is 2.46. The Balaban J connectivity index is 0.00000264. The summed E-state index contributed by atoms with van der Waals surface area (Å²) >= 11 is 0. The Hall–Kier alpha value is -1.79. The van der Waals surface area contributed by atoms with Gasteiger partial charge in [0.2, 0.25) is 5.91 Å². The minimum Gasteiger partial charge on any atom is -0.497 e. The Bertz CT molecular complexity index is 519. The van der Waals surface area contributed by atoms with Crippen LogP contribution in [-0.4, -0.2) is 45.1 Å². The first-order valence-electron chi connectivity index (χ1n) is 7.61. The molecule has 0 radical (unpaired) electrons. The van der Waals surface area contributed by atoms with Crippen molar-refractivity contribution in [3.05, 3.63) is 29.8 Å². The molecule has 1 aromatic carbocycles. The van der Waals surface area contributed by atoms with Crippen LogP contribution in [0.15, 0.2) is 24.3 Å². The van der Waals surface area contributed by atoms with Crippen LogP contribution in [-0.2, 0) is 4.79 Å². The Labute approximate surface area is 142 Å². The number of ether oxygens (including phenoxy) is 1. The Morgan fingerprint density at radius 2 is 1.91 bits per heavy atom. The zero-order valence-corrected chi connectivity index (χ0v) is 14.1. The molecule has 2 amide bonds. The van der Waals surface area contributed by atoms with Crippen LogP contribution in [0.1, 0.15) is 23.2 Å². The molecule has 7 heteroatoms. The van der Waals surface area contributed by atoms with Gasteiger partial charge in [0.05, 0.1) is 7.11 Å². The molecule has 0 unspecified atom stereocenters. The lowest BCUT2D eigenvalue weighted by Gasteiger charge is -2.21. The van der Waals surface area contributed by atoms with E-state index < -0.39 is 0 Å². The highest BCUT2D eigenvalue weighted by Crippen LogP contribution is 2.12. The van der Waals surface area contributed by atoms with E-state index in [9.17, 15) is 9.59 Å². The van der Waals surface area contributed by atoms with Gasteiger partial charge in [-0.15, -0.1) is 12.4 Å². The van der Waals surface area contributed by atoms with Gasteiger partial charge in [-0.1, -0.05) is 6.07 Å². The van der Waals surface area contributed by atoms with E-state index in [2.05, 4.69) is 16.0 Å². The maximum absolute atomic E-state index is 12.0. The molecular weight excluding hydrogens is 318 g/mol. The van der Waals surface area contributed by atoms with Crippen molar-refractivity contribution in [1.29, 1.82) is 0 Å². The number of methoxy groups -OCH3 is 1. The molecule has 0 aromatic heterocycles. The minimum atomic E-state index is -0.171. The predicted molar refractivity (Wildman–Crippen MR) is 91.2 cm³/mol. The summed E-state index contributed by atoms with van der Waals surface area (Å²) in [5, 5.41) is 8.89. The zero-order chi connectivity index (χ0) is 15.8. The molecule has 1 aliphatic rings. The van der Waals surface area contributed by atoms with Crippen molar-refractivity contribution in [3.63, 3.8) is 0 Å². The highest BCUT2D eigenvalue weighted by Gasteiger charge is 2.20. The number of halogens is 1. The van der Waals surface area contributed by atoms with Crippen LogP contribution in [0.2, 0.25) is 0 Å². The quantitative estimate of drug-likeness (QED) is 0.673. The maximum Gasteiger partial charge on any atom is 0.251 e. The van der Waals surface area contributed by atoms with Crippen LogP contribution in [0, 0.1) is 5.92 Å². The first-order valence-corrected chi connectivity index (χ1v) is 7.61. The van der Waals surface area contributed by atoms with Crippen molar-refractivity contribution >= 4 is 24.2 Å². The molecule has 0 spiro atoms. The van der Waals surface area contributed by atoms with Gasteiger partial charge >= 0.3 is 0 Å². The zero-order valence-electron chi connectivity index (χ0n) is 13.3. The second kappa shape index (κ2) is 10.1. The normalized spacial score (nSPS) is 14.5. The molecule has 6 nitrogen and oxygen atoms in total. The number of carbonyl (C=O) groups excluding carboxylic acids is 2. The number of hydrogen-bond donors (Lipinski definition) is 3. The van der Waals surface area contributed by atoms with Crippen LogP contribution >= 0.6 is 12.4 Å². The van der Waals surface area contributed by atoms with Crippen LogP contribution < -0.4 is 20.7 Å². The van der Waals surface area contributed by atoms with Crippen LogP contribution in [0.5, 0.6) is 5.75 Å². The second-order valence-corrected chi connectivity index (χ2v) is 5.30. The molecule has 0 aliphatic carbocycles. The van der Waals surface area contributed by atoms with E-state index in [4.69, 9.17) is 4.74 Å². The van der Waals surface area contributed by atoms with E-state index in [1.807, 2.05) is 0 Å². The van der Waals surface area contributed by atoms with Gasteiger partial charge in [-0.05, 0) is 44.1 Å². The van der Waals surface area contributed by atoms with Gasteiger partial charge in [0.25, 0.3) is 5.91 Å². The lowest BCUT2D eigenvalue weighted by molar-refractivity contribution is -0.125. The minimum absolute atomic E-state index is 0. The summed E-state index contributed by atoms with van der Waals surface area (Å²) in [5.74, 6) is 0.648. The van der Waals surface area contributed by atoms with E-state index in [1.165, 1.54) is 0 Å². The number of piperidine rings is 1.